The molecule has 1 heterocycles. The van der Waals surface area contributed by atoms with Crippen molar-refractivity contribution in [2.45, 2.75) is 32.7 Å². The summed E-state index contributed by atoms with van der Waals surface area (Å²) >= 11 is 0. The molecular weight excluding hydrogens is 422 g/mol. The Morgan fingerprint density at radius 2 is 2.04 bits per heavy atom. The van der Waals surface area contributed by atoms with Gasteiger partial charge in [0, 0.05) is 32.6 Å². The number of hydrogen-bond acceptors (Lipinski definition) is 2. The van der Waals surface area contributed by atoms with Crippen LogP contribution >= 0.6 is 24.0 Å². The molecule has 1 aliphatic heterocycles. The minimum Gasteiger partial charge on any atom is -0.357 e. The van der Waals surface area contributed by atoms with Gasteiger partial charge < -0.3 is 15.5 Å². The maximum Gasteiger partial charge on any atom is 0.224 e. The summed E-state index contributed by atoms with van der Waals surface area (Å²) in [5.41, 5.74) is 0.815. The highest BCUT2D eigenvalue weighted by Crippen LogP contribution is 2.08. The number of carbonyl (C=O) groups excluding carboxylic acids is 1. The molecule has 0 unspecified atom stereocenters. The predicted octanol–water partition coefficient (Wildman–Crippen LogP) is 2.51. The molecule has 24 heavy (non-hydrogen) atoms. The maximum atomic E-state index is 13.2. The molecule has 2 N–H and O–H groups in total. The van der Waals surface area contributed by atoms with E-state index in [1.54, 1.807) is 6.07 Å². The second kappa shape index (κ2) is 11.2. The van der Waals surface area contributed by atoms with Gasteiger partial charge in [0.1, 0.15) is 5.82 Å². The number of amides is 1. The van der Waals surface area contributed by atoms with Gasteiger partial charge >= 0.3 is 0 Å². The molecule has 0 saturated carbocycles. The first kappa shape index (κ1) is 20.7. The van der Waals surface area contributed by atoms with Gasteiger partial charge in [-0.2, -0.15) is 0 Å². The molecule has 1 amide bonds. The lowest BCUT2D eigenvalue weighted by atomic mass is 10.2. The van der Waals surface area contributed by atoms with Crippen molar-refractivity contribution in [2.75, 3.05) is 26.2 Å². The van der Waals surface area contributed by atoms with Gasteiger partial charge in [0.2, 0.25) is 5.91 Å². The van der Waals surface area contributed by atoms with Crippen molar-refractivity contribution in [2.24, 2.45) is 4.99 Å². The normalized spacial score (nSPS) is 14.2. The summed E-state index contributed by atoms with van der Waals surface area (Å²) in [6.45, 7) is 5.42. The van der Waals surface area contributed by atoms with E-state index in [1.165, 1.54) is 12.1 Å². The zero-order valence-electron chi connectivity index (χ0n) is 14.1. The number of aliphatic imine (C=N–C) groups is 1. The van der Waals surface area contributed by atoms with E-state index >= 15 is 0 Å². The van der Waals surface area contributed by atoms with Crippen molar-refractivity contribution in [3.8, 4) is 0 Å². The first-order valence-corrected chi connectivity index (χ1v) is 8.23. The Bertz CT molecular complexity index is 547. The van der Waals surface area contributed by atoms with E-state index in [1.807, 2.05) is 17.9 Å². The Hall–Kier alpha value is -1.38. The molecule has 0 aliphatic carbocycles. The molecule has 2 rings (SSSR count). The Kier molecular flexibility index (Phi) is 9.66. The number of nitrogens with one attached hydrogen (secondary N) is 2. The lowest BCUT2D eigenvalue weighted by molar-refractivity contribution is -0.129. The molecule has 1 aliphatic rings. The summed E-state index contributed by atoms with van der Waals surface area (Å²) in [6.07, 6.45) is 2.68. The Morgan fingerprint density at radius 1 is 1.29 bits per heavy atom. The Labute approximate surface area is 160 Å². The number of nitrogens with zero attached hydrogens (tertiary/aromatic N) is 2. The van der Waals surface area contributed by atoms with Crippen LogP contribution in [0.15, 0.2) is 29.3 Å². The number of benzene rings is 1. The highest BCUT2D eigenvalue weighted by Gasteiger charge is 2.17. The van der Waals surface area contributed by atoms with Crippen molar-refractivity contribution < 1.29 is 9.18 Å². The molecule has 1 saturated heterocycles. The van der Waals surface area contributed by atoms with Gasteiger partial charge in [0.15, 0.2) is 5.96 Å². The van der Waals surface area contributed by atoms with E-state index in [9.17, 15) is 9.18 Å². The fourth-order valence-corrected chi connectivity index (χ4v) is 2.56. The lowest BCUT2D eigenvalue weighted by Gasteiger charge is -2.16. The standard InChI is InChI=1S/C17H25FN4O.HI/c1-2-19-17(21-13-14-6-5-7-15(18)12-14)20-9-8-16(23)22-10-3-4-11-22;/h5-7,12H,2-4,8-11,13H2,1H3,(H2,19,20,21);1H. The van der Waals surface area contributed by atoms with Gasteiger partial charge in [0.25, 0.3) is 0 Å². The van der Waals surface area contributed by atoms with Crippen molar-refractivity contribution in [3.63, 3.8) is 0 Å². The van der Waals surface area contributed by atoms with Crippen LogP contribution in [-0.4, -0.2) is 42.9 Å². The van der Waals surface area contributed by atoms with Crippen LogP contribution in [0.1, 0.15) is 31.7 Å². The second-order valence-electron chi connectivity index (χ2n) is 5.59. The van der Waals surface area contributed by atoms with Crippen LogP contribution in [0, 0.1) is 5.82 Å². The number of likely N-dealkylation sites (tertiary alicyclic amines) is 1. The third kappa shape index (κ3) is 7.02. The summed E-state index contributed by atoms with van der Waals surface area (Å²) in [5.74, 6) is 0.578. The minimum absolute atomic E-state index is 0. The quantitative estimate of drug-likeness (QED) is 0.400. The van der Waals surface area contributed by atoms with Crippen LogP contribution < -0.4 is 10.6 Å². The number of guanidine groups is 1. The van der Waals surface area contributed by atoms with E-state index in [4.69, 9.17) is 0 Å². The first-order chi connectivity index (χ1) is 11.2. The Balaban J connectivity index is 0.00000288. The summed E-state index contributed by atoms with van der Waals surface area (Å²) < 4.78 is 13.2. The SMILES string of the molecule is CCNC(=NCc1cccc(F)c1)NCCC(=O)N1CCCC1.I. The molecule has 0 aromatic heterocycles. The lowest BCUT2D eigenvalue weighted by Crippen LogP contribution is -2.39. The summed E-state index contributed by atoms with van der Waals surface area (Å²) in [6, 6.07) is 6.41. The number of rotatable bonds is 6. The maximum absolute atomic E-state index is 13.2. The van der Waals surface area contributed by atoms with E-state index in [0.29, 0.717) is 25.5 Å². The van der Waals surface area contributed by atoms with Crippen LogP contribution in [0.4, 0.5) is 4.39 Å². The smallest absolute Gasteiger partial charge is 0.224 e. The molecule has 5 nitrogen and oxygen atoms in total. The van der Waals surface area contributed by atoms with Crippen molar-refractivity contribution in [1.82, 2.24) is 15.5 Å². The van der Waals surface area contributed by atoms with Gasteiger partial charge in [0.05, 0.1) is 6.54 Å². The summed E-state index contributed by atoms with van der Waals surface area (Å²) in [5, 5.41) is 6.29. The molecule has 0 radical (unpaired) electrons. The first-order valence-electron chi connectivity index (χ1n) is 8.23. The van der Waals surface area contributed by atoms with E-state index in [-0.39, 0.29) is 35.7 Å². The molecule has 0 atom stereocenters. The van der Waals surface area contributed by atoms with Crippen molar-refractivity contribution in [3.05, 3.63) is 35.6 Å². The van der Waals surface area contributed by atoms with Crippen LogP contribution in [0.3, 0.4) is 0 Å². The fourth-order valence-electron chi connectivity index (χ4n) is 2.56. The fraction of sp³-hybridized carbons (Fsp3) is 0.529. The van der Waals surface area contributed by atoms with Crippen molar-refractivity contribution in [1.29, 1.82) is 0 Å². The van der Waals surface area contributed by atoms with Crippen LogP contribution in [0.5, 0.6) is 0 Å². The van der Waals surface area contributed by atoms with Gasteiger partial charge in [-0.25, -0.2) is 9.38 Å². The molecule has 1 aromatic carbocycles. The zero-order valence-corrected chi connectivity index (χ0v) is 16.4. The Morgan fingerprint density at radius 3 is 2.71 bits per heavy atom. The van der Waals surface area contributed by atoms with Gasteiger partial charge in [-0.3, -0.25) is 4.79 Å². The van der Waals surface area contributed by atoms with Crippen LogP contribution in [0.2, 0.25) is 0 Å². The third-order valence-corrected chi connectivity index (χ3v) is 3.74. The molecule has 1 aromatic rings. The summed E-state index contributed by atoms with van der Waals surface area (Å²) in [7, 11) is 0. The molecule has 0 bridgehead atoms. The topological polar surface area (TPSA) is 56.7 Å². The molecular formula is C17H26FIN4O. The monoisotopic (exact) mass is 448 g/mol. The highest BCUT2D eigenvalue weighted by atomic mass is 127. The van der Waals surface area contributed by atoms with E-state index < -0.39 is 0 Å². The average molecular weight is 448 g/mol. The third-order valence-electron chi connectivity index (χ3n) is 3.74. The molecule has 7 heteroatoms. The second-order valence-corrected chi connectivity index (χ2v) is 5.59. The summed E-state index contributed by atoms with van der Waals surface area (Å²) in [4.78, 5) is 18.3. The van der Waals surface area contributed by atoms with Crippen LogP contribution in [0.25, 0.3) is 0 Å². The van der Waals surface area contributed by atoms with E-state index in [0.717, 1.165) is 38.0 Å². The minimum atomic E-state index is -0.258. The van der Waals surface area contributed by atoms with Crippen LogP contribution in [-0.2, 0) is 11.3 Å². The number of halogens is 2. The molecule has 0 spiro atoms. The number of hydrogen-bond donors (Lipinski definition) is 2. The largest absolute Gasteiger partial charge is 0.357 e. The van der Waals surface area contributed by atoms with E-state index in [2.05, 4.69) is 15.6 Å². The van der Waals surface area contributed by atoms with Crippen molar-refractivity contribution >= 4 is 35.8 Å². The predicted molar refractivity (Wildman–Crippen MR) is 105 cm³/mol. The van der Waals surface area contributed by atoms with Gasteiger partial charge in [-0.15, -0.1) is 24.0 Å². The molecule has 1 fully saturated rings. The zero-order chi connectivity index (χ0) is 16.5. The number of carbonyl (C=O) groups is 1. The molecule has 134 valence electrons. The average Bonchev–Trinajstić information content (AvgIpc) is 3.07. The van der Waals surface area contributed by atoms with Gasteiger partial charge in [-0.1, -0.05) is 12.1 Å². The highest BCUT2D eigenvalue weighted by molar-refractivity contribution is 14.0. The van der Waals surface area contributed by atoms with Gasteiger partial charge in [-0.05, 0) is 37.5 Å².